The molecule has 1 aliphatic rings. The molecule has 0 bridgehead atoms. The maximum Gasteiger partial charge on any atom is 0.374 e. The summed E-state index contributed by atoms with van der Waals surface area (Å²) in [5.41, 5.74) is 0.587. The van der Waals surface area contributed by atoms with Gasteiger partial charge in [0.15, 0.2) is 18.1 Å². The molecule has 2 heterocycles. The first-order valence-corrected chi connectivity index (χ1v) is 8.50. The minimum Gasteiger partial charge on any atom is -0.486 e. The smallest absolute Gasteiger partial charge is 0.374 e. The van der Waals surface area contributed by atoms with Crippen LogP contribution in [0.4, 0.5) is 0 Å². The van der Waals surface area contributed by atoms with Crippen LogP contribution in [0.1, 0.15) is 10.6 Å². The van der Waals surface area contributed by atoms with Gasteiger partial charge in [0, 0.05) is 5.39 Å². The highest BCUT2D eigenvalue weighted by Crippen LogP contribution is 2.30. The van der Waals surface area contributed by atoms with E-state index in [2.05, 4.69) is 5.32 Å². The van der Waals surface area contributed by atoms with Crippen molar-refractivity contribution in [1.82, 2.24) is 5.32 Å². The first-order chi connectivity index (χ1) is 13.2. The maximum atomic E-state index is 12.0. The minimum atomic E-state index is -0.687. The lowest BCUT2D eigenvalue weighted by atomic mass is 10.2. The Kier molecular flexibility index (Phi) is 4.65. The number of ether oxygens (including phenoxy) is 3. The van der Waals surface area contributed by atoms with Crippen LogP contribution >= 0.6 is 0 Å². The number of nitrogens with one attached hydrogen (secondary N) is 1. The van der Waals surface area contributed by atoms with Crippen molar-refractivity contribution in [3.8, 4) is 11.5 Å². The Balaban J connectivity index is 1.24. The fourth-order valence-corrected chi connectivity index (χ4v) is 2.73. The normalized spacial score (nSPS) is 15.3. The lowest BCUT2D eigenvalue weighted by Crippen LogP contribution is -2.42. The molecule has 7 nitrogen and oxygen atoms in total. The lowest BCUT2D eigenvalue weighted by molar-refractivity contribution is -0.124. The summed E-state index contributed by atoms with van der Waals surface area (Å²) in [7, 11) is 0. The molecule has 0 fully saturated rings. The van der Waals surface area contributed by atoms with Crippen molar-refractivity contribution in [2.45, 2.75) is 6.10 Å². The Morgan fingerprint density at radius 1 is 1.07 bits per heavy atom. The number of furan rings is 1. The second-order valence-corrected chi connectivity index (χ2v) is 6.03. The van der Waals surface area contributed by atoms with E-state index in [1.165, 1.54) is 0 Å². The van der Waals surface area contributed by atoms with E-state index in [4.69, 9.17) is 18.6 Å². The van der Waals surface area contributed by atoms with Gasteiger partial charge < -0.3 is 23.9 Å². The number of hydrogen-bond acceptors (Lipinski definition) is 6. The number of hydrogen-bond donors (Lipinski definition) is 1. The molecule has 0 spiro atoms. The van der Waals surface area contributed by atoms with Gasteiger partial charge in [0.2, 0.25) is 5.76 Å². The van der Waals surface area contributed by atoms with E-state index in [0.717, 1.165) is 5.39 Å². The van der Waals surface area contributed by atoms with Crippen molar-refractivity contribution in [2.24, 2.45) is 0 Å². The molecule has 0 saturated carbocycles. The number of carbonyl (C=O) groups excluding carboxylic acids is 2. The van der Waals surface area contributed by atoms with Gasteiger partial charge in [0.25, 0.3) is 5.91 Å². The van der Waals surface area contributed by atoms with Crippen LogP contribution in [0, 0.1) is 0 Å². The zero-order valence-electron chi connectivity index (χ0n) is 14.3. The van der Waals surface area contributed by atoms with Crippen molar-refractivity contribution in [3.63, 3.8) is 0 Å². The molecule has 138 valence electrons. The first-order valence-electron chi connectivity index (χ1n) is 8.50. The number of benzene rings is 2. The van der Waals surface area contributed by atoms with Crippen LogP contribution in [-0.4, -0.2) is 37.7 Å². The average Bonchev–Trinajstić information content (AvgIpc) is 3.14. The van der Waals surface area contributed by atoms with Crippen molar-refractivity contribution < 1.29 is 28.2 Å². The third kappa shape index (κ3) is 3.87. The number of carbonyl (C=O) groups is 2. The van der Waals surface area contributed by atoms with Crippen molar-refractivity contribution in [3.05, 3.63) is 60.4 Å². The standard InChI is InChI=1S/C20H17NO6/c22-19(21-10-14-11-24-16-7-3-4-8-17(16)26-14)12-25-20(23)18-9-13-5-1-2-6-15(13)27-18/h1-9,14H,10-12H2,(H,21,22)/t14-/m0/s1. The van der Waals surface area contributed by atoms with E-state index in [0.29, 0.717) is 23.7 Å². The van der Waals surface area contributed by atoms with Gasteiger partial charge in [-0.3, -0.25) is 4.79 Å². The van der Waals surface area contributed by atoms with E-state index in [1.807, 2.05) is 36.4 Å². The highest BCUT2D eigenvalue weighted by atomic mass is 16.6. The van der Waals surface area contributed by atoms with Crippen molar-refractivity contribution in [1.29, 1.82) is 0 Å². The van der Waals surface area contributed by atoms with E-state index in [1.54, 1.807) is 18.2 Å². The highest BCUT2D eigenvalue weighted by Gasteiger charge is 2.21. The Morgan fingerprint density at radius 3 is 2.70 bits per heavy atom. The van der Waals surface area contributed by atoms with E-state index in [9.17, 15) is 9.59 Å². The minimum absolute atomic E-state index is 0.0598. The van der Waals surface area contributed by atoms with Crippen LogP contribution in [0.2, 0.25) is 0 Å². The Morgan fingerprint density at radius 2 is 1.85 bits per heavy atom. The Bertz CT molecular complexity index is 946. The zero-order valence-corrected chi connectivity index (χ0v) is 14.3. The van der Waals surface area contributed by atoms with Gasteiger partial charge in [-0.2, -0.15) is 0 Å². The number of fused-ring (bicyclic) bond motifs is 2. The van der Waals surface area contributed by atoms with Crippen molar-refractivity contribution >= 4 is 22.8 Å². The summed E-state index contributed by atoms with van der Waals surface area (Å²) < 4.78 is 21.7. The summed E-state index contributed by atoms with van der Waals surface area (Å²) >= 11 is 0. The van der Waals surface area contributed by atoms with Gasteiger partial charge in [0.05, 0.1) is 6.54 Å². The molecule has 7 heteroatoms. The molecule has 0 saturated heterocycles. The Labute approximate surface area is 154 Å². The first kappa shape index (κ1) is 17.0. The quantitative estimate of drug-likeness (QED) is 0.698. The second kappa shape index (κ2) is 7.41. The highest BCUT2D eigenvalue weighted by molar-refractivity contribution is 5.93. The van der Waals surface area contributed by atoms with Crippen LogP contribution in [-0.2, 0) is 9.53 Å². The van der Waals surface area contributed by atoms with E-state index in [-0.39, 0.29) is 18.4 Å². The van der Waals surface area contributed by atoms with Gasteiger partial charge in [0.1, 0.15) is 18.3 Å². The van der Waals surface area contributed by atoms with Crippen molar-refractivity contribution in [2.75, 3.05) is 19.8 Å². The SMILES string of the molecule is O=C(COC(=O)c1cc2ccccc2o1)NC[C@H]1COc2ccccc2O1. The van der Waals surface area contributed by atoms with Crippen LogP contribution < -0.4 is 14.8 Å². The maximum absolute atomic E-state index is 12.0. The largest absolute Gasteiger partial charge is 0.486 e. The van der Waals surface area contributed by atoms with Crippen LogP contribution in [0.5, 0.6) is 11.5 Å². The average molecular weight is 367 g/mol. The second-order valence-electron chi connectivity index (χ2n) is 6.03. The molecule has 4 rings (SSSR count). The molecule has 1 aromatic heterocycles. The summed E-state index contributed by atoms with van der Waals surface area (Å²) in [5, 5.41) is 3.46. The molecule has 1 N–H and O–H groups in total. The van der Waals surface area contributed by atoms with Gasteiger partial charge in [-0.05, 0) is 24.3 Å². The number of rotatable bonds is 5. The molecule has 3 aromatic rings. The molecular formula is C20H17NO6. The molecule has 1 atom stereocenters. The van der Waals surface area contributed by atoms with Gasteiger partial charge >= 0.3 is 5.97 Å². The molecule has 1 aliphatic heterocycles. The van der Waals surface area contributed by atoms with Gasteiger partial charge in [-0.25, -0.2) is 4.79 Å². The third-order valence-corrected chi connectivity index (χ3v) is 4.06. The van der Waals surface area contributed by atoms with E-state index >= 15 is 0 Å². The lowest BCUT2D eigenvalue weighted by Gasteiger charge is -2.26. The fourth-order valence-electron chi connectivity index (χ4n) is 2.73. The number of esters is 1. The predicted octanol–water partition coefficient (Wildman–Crippen LogP) is 2.55. The zero-order chi connectivity index (χ0) is 18.6. The van der Waals surface area contributed by atoms with E-state index < -0.39 is 18.5 Å². The number of para-hydroxylation sites is 3. The summed E-state index contributed by atoms with van der Waals surface area (Å²) in [5.74, 6) is 0.262. The summed E-state index contributed by atoms with van der Waals surface area (Å²) in [6.07, 6.45) is -0.310. The van der Waals surface area contributed by atoms with Crippen LogP contribution in [0.15, 0.2) is 59.0 Å². The third-order valence-electron chi connectivity index (χ3n) is 4.06. The molecule has 0 radical (unpaired) electrons. The molecule has 0 unspecified atom stereocenters. The molecule has 2 aromatic carbocycles. The van der Waals surface area contributed by atoms with Gasteiger partial charge in [-0.1, -0.05) is 30.3 Å². The fraction of sp³-hybridized carbons (Fsp3) is 0.200. The predicted molar refractivity (Wildman–Crippen MR) is 95.9 cm³/mol. The topological polar surface area (TPSA) is 87.0 Å². The van der Waals surface area contributed by atoms with Crippen LogP contribution in [0.25, 0.3) is 11.0 Å². The van der Waals surface area contributed by atoms with Crippen LogP contribution in [0.3, 0.4) is 0 Å². The summed E-state index contributed by atoms with van der Waals surface area (Å²) in [4.78, 5) is 23.9. The Hall–Kier alpha value is -3.48. The number of amides is 1. The molecule has 0 aliphatic carbocycles. The monoisotopic (exact) mass is 367 g/mol. The summed E-state index contributed by atoms with van der Waals surface area (Å²) in [6.45, 7) is 0.172. The molecular weight excluding hydrogens is 350 g/mol. The molecule has 27 heavy (non-hydrogen) atoms. The molecule has 1 amide bonds. The summed E-state index contributed by atoms with van der Waals surface area (Å²) in [6, 6.07) is 16.2. The van der Waals surface area contributed by atoms with Gasteiger partial charge in [-0.15, -0.1) is 0 Å².